The van der Waals surface area contributed by atoms with E-state index < -0.39 is 21.4 Å². The summed E-state index contributed by atoms with van der Waals surface area (Å²) in [4.78, 5) is 11.6. The van der Waals surface area contributed by atoms with E-state index >= 15 is 0 Å². The average molecular weight is 376 g/mol. The van der Waals surface area contributed by atoms with Crippen molar-refractivity contribution in [3.05, 3.63) is 28.7 Å². The molecule has 0 bridgehead atoms. The first-order valence-corrected chi connectivity index (χ1v) is 9.05. The molecule has 0 saturated carbocycles. The normalized spacial score (nSPS) is 19.3. The van der Waals surface area contributed by atoms with Crippen LogP contribution in [0.4, 0.5) is 0 Å². The quantitative estimate of drug-likeness (QED) is 0.877. The fourth-order valence-corrected chi connectivity index (χ4v) is 5.07. The first kappa shape index (κ1) is 16.5. The van der Waals surface area contributed by atoms with Crippen LogP contribution in [0, 0.1) is 5.41 Å². The number of rotatable bonds is 4. The van der Waals surface area contributed by atoms with Crippen LogP contribution in [-0.4, -0.2) is 36.9 Å². The van der Waals surface area contributed by atoms with E-state index in [0.717, 1.165) is 0 Å². The summed E-state index contributed by atoms with van der Waals surface area (Å²) < 4.78 is 27.2. The Labute approximate surface area is 133 Å². The predicted octanol–water partition coefficient (Wildman–Crippen LogP) is 2.71. The first-order chi connectivity index (χ1) is 9.83. The number of benzene rings is 1. The number of hydrogen-bond donors (Lipinski definition) is 1. The first-order valence-electron chi connectivity index (χ1n) is 6.81. The minimum absolute atomic E-state index is 0.226. The molecule has 1 aliphatic rings. The van der Waals surface area contributed by atoms with Crippen LogP contribution in [0.25, 0.3) is 0 Å². The zero-order chi connectivity index (χ0) is 15.7. The summed E-state index contributed by atoms with van der Waals surface area (Å²) in [6, 6.07) is 6.67. The van der Waals surface area contributed by atoms with E-state index in [1.165, 1.54) is 4.31 Å². The Morgan fingerprint density at radius 3 is 2.38 bits per heavy atom. The Kier molecular flexibility index (Phi) is 4.75. The summed E-state index contributed by atoms with van der Waals surface area (Å²) in [7, 11) is -3.58. The third-order valence-electron chi connectivity index (χ3n) is 4.26. The molecule has 1 aromatic rings. The predicted molar refractivity (Wildman–Crippen MR) is 82.5 cm³/mol. The van der Waals surface area contributed by atoms with Crippen molar-refractivity contribution < 1.29 is 18.3 Å². The van der Waals surface area contributed by atoms with Gasteiger partial charge >= 0.3 is 5.97 Å². The lowest BCUT2D eigenvalue weighted by molar-refractivity contribution is -0.151. The molecular weight excluding hydrogens is 358 g/mol. The number of aliphatic carboxylic acids is 1. The molecule has 0 spiro atoms. The molecule has 1 fully saturated rings. The summed E-state index contributed by atoms with van der Waals surface area (Å²) in [6.07, 6.45) is 1.22. The minimum Gasteiger partial charge on any atom is -0.481 e. The molecular formula is C14H18BrNO4S. The van der Waals surface area contributed by atoms with E-state index in [1.54, 1.807) is 24.3 Å². The lowest BCUT2D eigenvalue weighted by Gasteiger charge is -2.37. The summed E-state index contributed by atoms with van der Waals surface area (Å²) in [5.41, 5.74) is -0.792. The van der Waals surface area contributed by atoms with Crippen molar-refractivity contribution in [2.75, 3.05) is 13.1 Å². The molecule has 21 heavy (non-hydrogen) atoms. The van der Waals surface area contributed by atoms with Crippen molar-refractivity contribution in [2.45, 2.75) is 31.1 Å². The maximum absolute atomic E-state index is 12.6. The Morgan fingerprint density at radius 2 is 1.90 bits per heavy atom. The van der Waals surface area contributed by atoms with Crippen molar-refractivity contribution in [2.24, 2.45) is 5.41 Å². The highest BCUT2D eigenvalue weighted by Crippen LogP contribution is 2.37. The molecule has 1 heterocycles. The summed E-state index contributed by atoms with van der Waals surface area (Å²) >= 11 is 3.26. The molecule has 0 radical (unpaired) electrons. The molecule has 7 heteroatoms. The molecule has 0 atom stereocenters. The maximum atomic E-state index is 12.6. The molecule has 0 amide bonds. The van der Waals surface area contributed by atoms with Gasteiger partial charge in [0.25, 0.3) is 0 Å². The fraction of sp³-hybridized carbons (Fsp3) is 0.500. The van der Waals surface area contributed by atoms with Gasteiger partial charge in [-0.1, -0.05) is 19.1 Å². The van der Waals surface area contributed by atoms with Gasteiger partial charge in [-0.3, -0.25) is 4.79 Å². The zero-order valence-corrected chi connectivity index (χ0v) is 14.2. The maximum Gasteiger partial charge on any atom is 0.309 e. The molecule has 1 aromatic carbocycles. The third-order valence-corrected chi connectivity index (χ3v) is 7.18. The summed E-state index contributed by atoms with van der Waals surface area (Å²) in [5.74, 6) is -0.831. The Bertz CT molecular complexity index is 636. The smallest absolute Gasteiger partial charge is 0.309 e. The van der Waals surface area contributed by atoms with Crippen LogP contribution >= 0.6 is 15.9 Å². The number of sulfonamides is 1. The van der Waals surface area contributed by atoms with Gasteiger partial charge < -0.3 is 5.11 Å². The summed E-state index contributed by atoms with van der Waals surface area (Å²) in [6.45, 7) is 2.32. The zero-order valence-electron chi connectivity index (χ0n) is 11.8. The molecule has 1 N–H and O–H groups in total. The second kappa shape index (κ2) is 6.06. The van der Waals surface area contributed by atoms with Gasteiger partial charge in [0.05, 0.1) is 10.3 Å². The Hall–Kier alpha value is -0.920. The van der Waals surface area contributed by atoms with Gasteiger partial charge in [0.2, 0.25) is 10.0 Å². The molecule has 5 nitrogen and oxygen atoms in total. The molecule has 1 aliphatic heterocycles. The summed E-state index contributed by atoms with van der Waals surface area (Å²) in [5, 5.41) is 9.36. The van der Waals surface area contributed by atoms with Crippen molar-refractivity contribution in [1.29, 1.82) is 0 Å². The van der Waals surface area contributed by atoms with E-state index in [2.05, 4.69) is 15.9 Å². The van der Waals surface area contributed by atoms with Gasteiger partial charge in [-0.25, -0.2) is 8.42 Å². The third kappa shape index (κ3) is 3.00. The number of halogens is 1. The lowest BCUT2D eigenvalue weighted by atomic mass is 9.77. The fourth-order valence-electron chi connectivity index (χ4n) is 2.67. The highest BCUT2D eigenvalue weighted by atomic mass is 79.9. The largest absolute Gasteiger partial charge is 0.481 e. The highest BCUT2D eigenvalue weighted by Gasteiger charge is 2.42. The van der Waals surface area contributed by atoms with Crippen LogP contribution in [0.3, 0.4) is 0 Å². The van der Waals surface area contributed by atoms with Crippen molar-refractivity contribution in [1.82, 2.24) is 4.31 Å². The van der Waals surface area contributed by atoms with Crippen molar-refractivity contribution in [3.63, 3.8) is 0 Å². The van der Waals surface area contributed by atoms with Crippen molar-refractivity contribution >= 4 is 31.9 Å². The van der Waals surface area contributed by atoms with E-state index in [9.17, 15) is 18.3 Å². The topological polar surface area (TPSA) is 74.7 Å². The van der Waals surface area contributed by atoms with Gasteiger partial charge in [0.1, 0.15) is 0 Å². The monoisotopic (exact) mass is 375 g/mol. The van der Waals surface area contributed by atoms with Crippen LogP contribution < -0.4 is 0 Å². The standard InChI is InChI=1S/C14H18BrNO4S/c1-2-14(13(17)18)7-9-16(10-8-14)21(19,20)12-6-4-3-5-11(12)15/h3-6H,2,7-10H2,1H3,(H,17,18). The van der Waals surface area contributed by atoms with Gasteiger partial charge in [0.15, 0.2) is 0 Å². The molecule has 1 saturated heterocycles. The SMILES string of the molecule is CCC1(C(=O)O)CCN(S(=O)(=O)c2ccccc2Br)CC1. The number of carboxylic acid groups (broad SMARTS) is 1. The van der Waals surface area contributed by atoms with Crippen LogP contribution in [0.2, 0.25) is 0 Å². The van der Waals surface area contributed by atoms with Gasteiger partial charge in [0, 0.05) is 17.6 Å². The minimum atomic E-state index is -3.58. The average Bonchev–Trinajstić information content (AvgIpc) is 2.47. The lowest BCUT2D eigenvalue weighted by Crippen LogP contribution is -2.46. The molecule has 0 aliphatic carbocycles. The van der Waals surface area contributed by atoms with E-state index in [1.807, 2.05) is 6.92 Å². The van der Waals surface area contributed by atoms with Gasteiger partial charge in [-0.2, -0.15) is 4.31 Å². The molecule has 0 aromatic heterocycles. The number of hydrogen-bond acceptors (Lipinski definition) is 3. The van der Waals surface area contributed by atoms with Crippen molar-refractivity contribution in [3.8, 4) is 0 Å². The highest BCUT2D eigenvalue weighted by molar-refractivity contribution is 9.10. The van der Waals surface area contributed by atoms with Gasteiger partial charge in [-0.05, 0) is 47.3 Å². The number of piperidine rings is 1. The number of nitrogens with zero attached hydrogens (tertiary/aromatic N) is 1. The van der Waals surface area contributed by atoms with E-state index in [-0.39, 0.29) is 18.0 Å². The van der Waals surface area contributed by atoms with Crippen LogP contribution in [-0.2, 0) is 14.8 Å². The van der Waals surface area contributed by atoms with Crippen LogP contribution in [0.1, 0.15) is 26.2 Å². The Balaban J connectivity index is 2.23. The van der Waals surface area contributed by atoms with E-state index in [0.29, 0.717) is 23.7 Å². The Morgan fingerprint density at radius 1 is 1.33 bits per heavy atom. The second-order valence-electron chi connectivity index (χ2n) is 5.27. The van der Waals surface area contributed by atoms with E-state index in [4.69, 9.17) is 0 Å². The second-order valence-corrected chi connectivity index (χ2v) is 8.03. The van der Waals surface area contributed by atoms with Crippen LogP contribution in [0.15, 0.2) is 33.6 Å². The van der Waals surface area contributed by atoms with Gasteiger partial charge in [-0.15, -0.1) is 0 Å². The molecule has 116 valence electrons. The van der Waals surface area contributed by atoms with Crippen LogP contribution in [0.5, 0.6) is 0 Å². The number of carboxylic acids is 1. The molecule has 2 rings (SSSR count). The number of carbonyl (C=O) groups is 1. The molecule has 0 unspecified atom stereocenters.